The molecular formula is C22H29N3O3. The molecule has 6 heteroatoms. The smallest absolute Gasteiger partial charge is 0.244 e. The molecule has 1 aromatic carbocycles. The van der Waals surface area contributed by atoms with Crippen LogP contribution >= 0.6 is 0 Å². The molecule has 0 bridgehead atoms. The van der Waals surface area contributed by atoms with Crippen molar-refractivity contribution in [2.24, 2.45) is 5.92 Å². The number of H-pyrrole nitrogens is 1. The zero-order chi connectivity index (χ0) is 19.8. The third-order valence-corrected chi connectivity index (χ3v) is 5.16. The van der Waals surface area contributed by atoms with E-state index < -0.39 is 0 Å². The molecule has 150 valence electrons. The van der Waals surface area contributed by atoms with Gasteiger partial charge in [-0.15, -0.1) is 0 Å². The van der Waals surface area contributed by atoms with Gasteiger partial charge < -0.3 is 14.8 Å². The lowest BCUT2D eigenvalue weighted by Crippen LogP contribution is -2.36. The number of ether oxygens (including phenoxy) is 2. The van der Waals surface area contributed by atoms with Crippen molar-refractivity contribution >= 4 is 12.0 Å². The maximum atomic E-state index is 12.2. The summed E-state index contributed by atoms with van der Waals surface area (Å²) < 4.78 is 11.2. The lowest BCUT2D eigenvalue weighted by atomic mass is 9.87. The number of aromatic nitrogens is 2. The SMILES string of the molecule is COc1cc(C=CC(=O)NC2CCC(C)CC2)ccc1OCCc1ccn[nH]1. The van der Waals surface area contributed by atoms with E-state index >= 15 is 0 Å². The minimum absolute atomic E-state index is 0.0431. The van der Waals surface area contributed by atoms with Gasteiger partial charge in [0.2, 0.25) is 5.91 Å². The van der Waals surface area contributed by atoms with Gasteiger partial charge in [0, 0.05) is 30.4 Å². The van der Waals surface area contributed by atoms with Crippen LogP contribution in [0.5, 0.6) is 11.5 Å². The number of carbonyl (C=O) groups excluding carboxylic acids is 1. The molecule has 1 amide bonds. The largest absolute Gasteiger partial charge is 0.493 e. The van der Waals surface area contributed by atoms with Crippen LogP contribution in [0.25, 0.3) is 6.08 Å². The van der Waals surface area contributed by atoms with Crippen LogP contribution in [0.1, 0.15) is 43.9 Å². The van der Waals surface area contributed by atoms with Crippen molar-refractivity contribution in [1.82, 2.24) is 15.5 Å². The van der Waals surface area contributed by atoms with Crippen LogP contribution in [0.2, 0.25) is 0 Å². The molecule has 0 radical (unpaired) electrons. The Bertz CT molecular complexity index is 778. The fourth-order valence-corrected chi connectivity index (χ4v) is 3.43. The van der Waals surface area contributed by atoms with E-state index in [0.717, 1.165) is 36.4 Å². The lowest BCUT2D eigenvalue weighted by molar-refractivity contribution is -0.117. The van der Waals surface area contributed by atoms with E-state index in [1.54, 1.807) is 25.5 Å². The highest BCUT2D eigenvalue weighted by atomic mass is 16.5. The second-order valence-electron chi connectivity index (χ2n) is 7.39. The fraction of sp³-hybridized carbons (Fsp3) is 0.455. The summed E-state index contributed by atoms with van der Waals surface area (Å²) in [6.07, 6.45) is 10.4. The molecule has 1 saturated carbocycles. The van der Waals surface area contributed by atoms with Crippen LogP contribution in [0.15, 0.2) is 36.5 Å². The molecule has 3 rings (SSSR count). The minimum Gasteiger partial charge on any atom is -0.493 e. The van der Waals surface area contributed by atoms with Gasteiger partial charge in [0.25, 0.3) is 0 Å². The molecular weight excluding hydrogens is 354 g/mol. The summed E-state index contributed by atoms with van der Waals surface area (Å²) in [6, 6.07) is 7.88. The molecule has 1 fully saturated rings. The Morgan fingerprint density at radius 2 is 2.07 bits per heavy atom. The fourth-order valence-electron chi connectivity index (χ4n) is 3.43. The van der Waals surface area contributed by atoms with Crippen molar-refractivity contribution in [3.05, 3.63) is 47.8 Å². The first-order valence-electron chi connectivity index (χ1n) is 9.91. The lowest BCUT2D eigenvalue weighted by Gasteiger charge is -2.26. The van der Waals surface area contributed by atoms with Crippen molar-refractivity contribution in [2.45, 2.75) is 45.1 Å². The predicted octanol–water partition coefficient (Wildman–Crippen LogP) is 3.75. The number of hydrogen-bond donors (Lipinski definition) is 2. The van der Waals surface area contributed by atoms with Gasteiger partial charge in [-0.3, -0.25) is 9.89 Å². The molecule has 0 unspecified atom stereocenters. The van der Waals surface area contributed by atoms with Gasteiger partial charge in [0.1, 0.15) is 0 Å². The third-order valence-electron chi connectivity index (χ3n) is 5.16. The summed E-state index contributed by atoms with van der Waals surface area (Å²) in [5.74, 6) is 2.06. The number of amides is 1. The van der Waals surface area contributed by atoms with Gasteiger partial charge in [0.05, 0.1) is 13.7 Å². The first-order valence-corrected chi connectivity index (χ1v) is 9.91. The third kappa shape index (κ3) is 5.87. The van der Waals surface area contributed by atoms with Crippen LogP contribution in [-0.2, 0) is 11.2 Å². The zero-order valence-corrected chi connectivity index (χ0v) is 16.6. The number of methoxy groups -OCH3 is 1. The Morgan fingerprint density at radius 1 is 1.25 bits per heavy atom. The molecule has 1 aliphatic carbocycles. The van der Waals surface area contributed by atoms with E-state index in [1.807, 2.05) is 24.3 Å². The Labute approximate surface area is 166 Å². The standard InChI is InChI=1S/C22H29N3O3/c1-16-3-7-18(8-4-16)24-22(26)10-6-17-5-9-20(21(15-17)27-2)28-14-12-19-11-13-23-25-19/h5-6,9-11,13,15-16,18H,3-4,7-8,12,14H2,1-2H3,(H,23,25)(H,24,26). The second kappa shape index (κ2) is 9.97. The summed E-state index contributed by atoms with van der Waals surface area (Å²) in [6.45, 7) is 2.80. The van der Waals surface area contributed by atoms with Gasteiger partial charge in [-0.25, -0.2) is 0 Å². The topological polar surface area (TPSA) is 76.2 Å². The Morgan fingerprint density at radius 3 is 2.79 bits per heavy atom. The molecule has 1 aliphatic rings. The zero-order valence-electron chi connectivity index (χ0n) is 16.6. The Hall–Kier alpha value is -2.76. The average Bonchev–Trinajstić information content (AvgIpc) is 3.22. The van der Waals surface area contributed by atoms with E-state index in [4.69, 9.17) is 9.47 Å². The molecule has 28 heavy (non-hydrogen) atoms. The van der Waals surface area contributed by atoms with Gasteiger partial charge in [0.15, 0.2) is 11.5 Å². The summed E-state index contributed by atoms with van der Waals surface area (Å²) in [5, 5.41) is 9.93. The highest BCUT2D eigenvalue weighted by molar-refractivity contribution is 5.92. The molecule has 0 spiro atoms. The molecule has 2 aromatic rings. The van der Waals surface area contributed by atoms with Gasteiger partial charge in [-0.1, -0.05) is 13.0 Å². The molecule has 6 nitrogen and oxygen atoms in total. The molecule has 2 N–H and O–H groups in total. The average molecular weight is 383 g/mol. The molecule has 1 aromatic heterocycles. The van der Waals surface area contributed by atoms with E-state index in [1.165, 1.54) is 12.8 Å². The first kappa shape index (κ1) is 20.0. The van der Waals surface area contributed by atoms with Crippen molar-refractivity contribution in [2.75, 3.05) is 13.7 Å². The highest BCUT2D eigenvalue weighted by Crippen LogP contribution is 2.29. The molecule has 0 atom stereocenters. The summed E-state index contributed by atoms with van der Waals surface area (Å²) >= 11 is 0. The predicted molar refractivity (Wildman–Crippen MR) is 109 cm³/mol. The van der Waals surface area contributed by atoms with Gasteiger partial charge in [-0.2, -0.15) is 5.10 Å². The number of rotatable bonds is 8. The Balaban J connectivity index is 1.52. The summed E-state index contributed by atoms with van der Waals surface area (Å²) in [5.41, 5.74) is 1.92. The van der Waals surface area contributed by atoms with Crippen LogP contribution in [-0.4, -0.2) is 35.9 Å². The monoisotopic (exact) mass is 383 g/mol. The number of nitrogens with zero attached hydrogens (tertiary/aromatic N) is 1. The summed E-state index contributed by atoms with van der Waals surface area (Å²) in [4.78, 5) is 12.2. The highest BCUT2D eigenvalue weighted by Gasteiger charge is 2.18. The van der Waals surface area contributed by atoms with Crippen LogP contribution in [0, 0.1) is 5.92 Å². The van der Waals surface area contributed by atoms with Crippen LogP contribution in [0.4, 0.5) is 0 Å². The quantitative estimate of drug-likeness (QED) is 0.681. The maximum Gasteiger partial charge on any atom is 0.244 e. The number of hydrogen-bond acceptors (Lipinski definition) is 4. The number of benzene rings is 1. The molecule has 1 heterocycles. The van der Waals surface area contributed by atoms with Gasteiger partial charge in [-0.05, 0) is 61.4 Å². The van der Waals surface area contributed by atoms with E-state index in [9.17, 15) is 4.79 Å². The Kier molecular flexibility index (Phi) is 7.12. The van der Waals surface area contributed by atoms with Crippen LogP contribution in [0.3, 0.4) is 0 Å². The number of nitrogens with one attached hydrogen (secondary N) is 2. The van der Waals surface area contributed by atoms with E-state index in [2.05, 4.69) is 22.4 Å². The van der Waals surface area contributed by atoms with Crippen molar-refractivity contribution < 1.29 is 14.3 Å². The first-order chi connectivity index (χ1) is 13.6. The van der Waals surface area contributed by atoms with Crippen LogP contribution < -0.4 is 14.8 Å². The molecule has 0 saturated heterocycles. The number of aromatic amines is 1. The number of carbonyl (C=O) groups is 1. The second-order valence-corrected chi connectivity index (χ2v) is 7.39. The summed E-state index contributed by atoms with van der Waals surface area (Å²) in [7, 11) is 1.61. The molecule has 0 aliphatic heterocycles. The van der Waals surface area contributed by atoms with E-state index in [0.29, 0.717) is 24.1 Å². The van der Waals surface area contributed by atoms with Crippen molar-refractivity contribution in [3.8, 4) is 11.5 Å². The van der Waals surface area contributed by atoms with Crippen molar-refractivity contribution in [3.63, 3.8) is 0 Å². The van der Waals surface area contributed by atoms with Gasteiger partial charge >= 0.3 is 0 Å². The normalized spacial score (nSPS) is 19.5. The van der Waals surface area contributed by atoms with Crippen molar-refractivity contribution in [1.29, 1.82) is 0 Å². The minimum atomic E-state index is -0.0431. The van der Waals surface area contributed by atoms with E-state index in [-0.39, 0.29) is 5.91 Å². The maximum absolute atomic E-state index is 12.2.